The molecule has 2 heterocycles. The summed E-state index contributed by atoms with van der Waals surface area (Å²) in [6, 6.07) is 11.5. The Bertz CT molecular complexity index is 438. The van der Waals surface area contributed by atoms with Crippen LogP contribution in [-0.4, -0.2) is 9.97 Å². The molecule has 0 aliphatic carbocycles. The molecule has 0 radical (unpaired) electrons. The molecule has 0 aliphatic heterocycles. The number of hydrogen-bond donors (Lipinski definition) is 1. The smallest absolute Gasteiger partial charge is 0.0890 e. The van der Waals surface area contributed by atoms with Crippen molar-refractivity contribution in [2.45, 2.75) is 13.0 Å². The van der Waals surface area contributed by atoms with Crippen molar-refractivity contribution >= 4 is 0 Å². The molecule has 2 N–H and O–H groups in total. The number of pyridine rings is 2. The lowest BCUT2D eigenvalue weighted by Crippen LogP contribution is -2.07. The summed E-state index contributed by atoms with van der Waals surface area (Å²) in [6.45, 7) is 1.92. The highest BCUT2D eigenvalue weighted by Crippen LogP contribution is 2.15. The zero-order valence-corrected chi connectivity index (χ0v) is 8.59. The van der Waals surface area contributed by atoms with Crippen LogP contribution in [0.5, 0.6) is 0 Å². The van der Waals surface area contributed by atoms with E-state index >= 15 is 0 Å². The van der Waals surface area contributed by atoms with Crippen LogP contribution in [0.1, 0.15) is 18.7 Å². The van der Waals surface area contributed by atoms with Gasteiger partial charge in [-0.25, -0.2) is 4.98 Å². The Morgan fingerprint density at radius 1 is 1.07 bits per heavy atom. The molecule has 76 valence electrons. The zero-order valence-electron chi connectivity index (χ0n) is 8.59. The molecule has 1 atom stereocenters. The first-order valence-corrected chi connectivity index (χ1v) is 4.91. The van der Waals surface area contributed by atoms with E-state index in [1.807, 2.05) is 43.3 Å². The van der Waals surface area contributed by atoms with Gasteiger partial charge in [0.05, 0.1) is 17.1 Å². The summed E-state index contributed by atoms with van der Waals surface area (Å²) in [5.74, 6) is 0. The number of rotatable bonds is 2. The van der Waals surface area contributed by atoms with Crippen LogP contribution < -0.4 is 5.73 Å². The van der Waals surface area contributed by atoms with E-state index in [1.54, 1.807) is 6.20 Å². The minimum atomic E-state index is -0.0475. The topological polar surface area (TPSA) is 51.8 Å². The largest absolute Gasteiger partial charge is 0.323 e. The van der Waals surface area contributed by atoms with Crippen LogP contribution in [-0.2, 0) is 0 Å². The van der Waals surface area contributed by atoms with Crippen LogP contribution in [0.15, 0.2) is 42.6 Å². The lowest BCUT2D eigenvalue weighted by Gasteiger charge is -2.06. The van der Waals surface area contributed by atoms with Gasteiger partial charge in [0.15, 0.2) is 0 Å². The summed E-state index contributed by atoms with van der Waals surface area (Å²) >= 11 is 0. The van der Waals surface area contributed by atoms with Crippen molar-refractivity contribution in [3.05, 3.63) is 48.3 Å². The second-order valence-electron chi connectivity index (χ2n) is 3.45. The highest BCUT2D eigenvalue weighted by Gasteiger charge is 2.04. The Hall–Kier alpha value is -1.74. The SMILES string of the molecule is C[C@H](N)c1cccc(-c2ccccn2)n1. The highest BCUT2D eigenvalue weighted by molar-refractivity contribution is 5.53. The molecule has 0 saturated carbocycles. The van der Waals surface area contributed by atoms with Crippen molar-refractivity contribution in [3.8, 4) is 11.4 Å². The quantitative estimate of drug-likeness (QED) is 0.806. The summed E-state index contributed by atoms with van der Waals surface area (Å²) in [5, 5.41) is 0. The molecule has 3 nitrogen and oxygen atoms in total. The predicted molar refractivity (Wildman–Crippen MR) is 60.1 cm³/mol. The average Bonchev–Trinajstić information content (AvgIpc) is 2.30. The van der Waals surface area contributed by atoms with Crippen LogP contribution in [0, 0.1) is 0 Å². The Morgan fingerprint density at radius 2 is 1.87 bits per heavy atom. The molecule has 0 aliphatic rings. The van der Waals surface area contributed by atoms with E-state index in [2.05, 4.69) is 9.97 Å². The van der Waals surface area contributed by atoms with Gasteiger partial charge in [0, 0.05) is 12.2 Å². The predicted octanol–water partition coefficient (Wildman–Crippen LogP) is 2.16. The standard InChI is InChI=1S/C12H13N3/c1-9(13)10-6-4-7-12(15-10)11-5-2-3-8-14-11/h2-9H,13H2,1H3/t9-/m0/s1. The van der Waals surface area contributed by atoms with Crippen LogP contribution in [0.4, 0.5) is 0 Å². The lowest BCUT2D eigenvalue weighted by atomic mass is 10.2. The van der Waals surface area contributed by atoms with E-state index in [4.69, 9.17) is 5.73 Å². The number of nitrogens with zero attached hydrogens (tertiary/aromatic N) is 2. The van der Waals surface area contributed by atoms with Gasteiger partial charge >= 0.3 is 0 Å². The fourth-order valence-corrected chi connectivity index (χ4v) is 1.36. The van der Waals surface area contributed by atoms with Crippen molar-refractivity contribution in [2.24, 2.45) is 5.73 Å². The van der Waals surface area contributed by atoms with E-state index < -0.39 is 0 Å². The summed E-state index contributed by atoms with van der Waals surface area (Å²) in [5.41, 5.74) is 8.41. The first kappa shape index (κ1) is 9.80. The summed E-state index contributed by atoms with van der Waals surface area (Å²) in [7, 11) is 0. The molecule has 0 amide bonds. The summed E-state index contributed by atoms with van der Waals surface area (Å²) in [6.07, 6.45) is 1.76. The molecule has 0 bridgehead atoms. The van der Waals surface area contributed by atoms with Gasteiger partial charge in [0.2, 0.25) is 0 Å². The molecule has 15 heavy (non-hydrogen) atoms. The third kappa shape index (κ3) is 2.19. The Morgan fingerprint density at radius 3 is 2.53 bits per heavy atom. The van der Waals surface area contributed by atoms with Crippen molar-refractivity contribution < 1.29 is 0 Å². The molecule has 2 rings (SSSR count). The van der Waals surface area contributed by atoms with Gasteiger partial charge in [-0.05, 0) is 31.2 Å². The summed E-state index contributed by atoms with van der Waals surface area (Å²) < 4.78 is 0. The van der Waals surface area contributed by atoms with Gasteiger partial charge in [0.25, 0.3) is 0 Å². The first-order chi connectivity index (χ1) is 7.27. The van der Waals surface area contributed by atoms with Crippen LogP contribution >= 0.6 is 0 Å². The Balaban J connectivity index is 2.42. The fourth-order valence-electron chi connectivity index (χ4n) is 1.36. The maximum absolute atomic E-state index is 5.78. The van der Waals surface area contributed by atoms with E-state index in [9.17, 15) is 0 Å². The fraction of sp³-hybridized carbons (Fsp3) is 0.167. The molecular weight excluding hydrogens is 186 g/mol. The normalized spacial score (nSPS) is 12.4. The highest BCUT2D eigenvalue weighted by atomic mass is 14.8. The number of nitrogens with two attached hydrogens (primary N) is 1. The number of aromatic nitrogens is 2. The molecular formula is C12H13N3. The lowest BCUT2D eigenvalue weighted by molar-refractivity contribution is 0.782. The molecule has 0 unspecified atom stereocenters. The van der Waals surface area contributed by atoms with E-state index in [-0.39, 0.29) is 6.04 Å². The first-order valence-electron chi connectivity index (χ1n) is 4.91. The third-order valence-electron chi connectivity index (χ3n) is 2.16. The van der Waals surface area contributed by atoms with Crippen LogP contribution in [0.2, 0.25) is 0 Å². The maximum atomic E-state index is 5.78. The Labute approximate surface area is 89.0 Å². The molecule has 2 aromatic heterocycles. The summed E-state index contributed by atoms with van der Waals surface area (Å²) in [4.78, 5) is 8.70. The van der Waals surface area contributed by atoms with E-state index in [0.717, 1.165) is 17.1 Å². The van der Waals surface area contributed by atoms with Crippen molar-refractivity contribution in [1.82, 2.24) is 9.97 Å². The minimum Gasteiger partial charge on any atom is -0.323 e. The van der Waals surface area contributed by atoms with Crippen molar-refractivity contribution in [1.29, 1.82) is 0 Å². The van der Waals surface area contributed by atoms with Gasteiger partial charge in [-0.2, -0.15) is 0 Å². The van der Waals surface area contributed by atoms with Crippen LogP contribution in [0.3, 0.4) is 0 Å². The van der Waals surface area contributed by atoms with Gasteiger partial charge < -0.3 is 5.73 Å². The Kier molecular flexibility index (Phi) is 2.74. The second-order valence-corrected chi connectivity index (χ2v) is 3.45. The van der Waals surface area contributed by atoms with Gasteiger partial charge in [-0.3, -0.25) is 4.98 Å². The monoisotopic (exact) mass is 199 g/mol. The average molecular weight is 199 g/mol. The van der Waals surface area contributed by atoms with Crippen molar-refractivity contribution in [2.75, 3.05) is 0 Å². The van der Waals surface area contributed by atoms with Crippen LogP contribution in [0.25, 0.3) is 11.4 Å². The molecule has 2 aromatic rings. The van der Waals surface area contributed by atoms with E-state index in [0.29, 0.717) is 0 Å². The molecule has 0 aromatic carbocycles. The van der Waals surface area contributed by atoms with Gasteiger partial charge in [0.1, 0.15) is 0 Å². The molecule has 3 heteroatoms. The second kappa shape index (κ2) is 4.19. The van der Waals surface area contributed by atoms with E-state index in [1.165, 1.54) is 0 Å². The molecule has 0 spiro atoms. The van der Waals surface area contributed by atoms with Crippen molar-refractivity contribution in [3.63, 3.8) is 0 Å². The number of hydrogen-bond acceptors (Lipinski definition) is 3. The molecule has 0 saturated heterocycles. The minimum absolute atomic E-state index is 0.0475. The maximum Gasteiger partial charge on any atom is 0.0890 e. The molecule has 0 fully saturated rings. The van der Waals surface area contributed by atoms with Gasteiger partial charge in [-0.1, -0.05) is 12.1 Å². The van der Waals surface area contributed by atoms with Gasteiger partial charge in [-0.15, -0.1) is 0 Å². The third-order valence-corrected chi connectivity index (χ3v) is 2.16. The zero-order chi connectivity index (χ0) is 10.7.